The third-order valence-electron chi connectivity index (χ3n) is 5.71. The first-order valence-corrected chi connectivity index (χ1v) is 11.8. The van der Waals surface area contributed by atoms with Crippen molar-refractivity contribution in [1.29, 1.82) is 0 Å². The highest BCUT2D eigenvalue weighted by Crippen LogP contribution is 2.18. The third-order valence-corrected chi connectivity index (χ3v) is 5.71. The molecule has 1 aliphatic heterocycles. The van der Waals surface area contributed by atoms with Gasteiger partial charge in [-0.05, 0) is 6.42 Å². The van der Waals surface area contributed by atoms with E-state index in [9.17, 15) is 9.59 Å². The van der Waals surface area contributed by atoms with Crippen molar-refractivity contribution in [3.63, 3.8) is 0 Å². The van der Waals surface area contributed by atoms with Crippen molar-refractivity contribution in [3.8, 4) is 0 Å². The van der Waals surface area contributed by atoms with Crippen LogP contribution < -0.4 is 5.32 Å². The first kappa shape index (κ1) is 24.7. The molecular weight excluding hydrogens is 350 g/mol. The lowest BCUT2D eigenvalue weighted by Gasteiger charge is -2.15. The monoisotopic (exact) mass is 393 g/mol. The molecule has 0 aromatic carbocycles. The van der Waals surface area contributed by atoms with Crippen LogP contribution in [0.4, 0.5) is 0 Å². The fourth-order valence-electron chi connectivity index (χ4n) is 3.80. The summed E-state index contributed by atoms with van der Waals surface area (Å²) in [5.41, 5.74) is 0. The zero-order chi connectivity index (χ0) is 20.5. The molecule has 1 fully saturated rings. The van der Waals surface area contributed by atoms with E-state index in [1.165, 1.54) is 77.0 Å². The van der Waals surface area contributed by atoms with Gasteiger partial charge in [0, 0.05) is 13.0 Å². The van der Waals surface area contributed by atoms with Crippen molar-refractivity contribution in [2.24, 2.45) is 5.92 Å². The van der Waals surface area contributed by atoms with E-state index in [2.05, 4.69) is 18.8 Å². The molecule has 4 nitrogen and oxygen atoms in total. The predicted molar refractivity (Wildman–Crippen MR) is 116 cm³/mol. The van der Waals surface area contributed by atoms with Gasteiger partial charge in [0.05, 0.1) is 5.92 Å². The lowest BCUT2D eigenvalue weighted by Crippen LogP contribution is -2.30. The van der Waals surface area contributed by atoms with Crippen LogP contribution in [0.1, 0.15) is 110 Å². The summed E-state index contributed by atoms with van der Waals surface area (Å²) in [7, 11) is 0. The van der Waals surface area contributed by atoms with Crippen LogP contribution >= 0.6 is 0 Å². The van der Waals surface area contributed by atoms with Gasteiger partial charge in [-0.3, -0.25) is 9.59 Å². The first-order chi connectivity index (χ1) is 13.7. The minimum absolute atomic E-state index is 0.173. The summed E-state index contributed by atoms with van der Waals surface area (Å²) in [5, 5.41) is 2.69. The Hall–Kier alpha value is -1.32. The van der Waals surface area contributed by atoms with Crippen LogP contribution in [0.15, 0.2) is 12.7 Å². The van der Waals surface area contributed by atoms with Gasteiger partial charge in [-0.1, -0.05) is 103 Å². The second-order valence-electron chi connectivity index (χ2n) is 8.23. The SMILES string of the molecule is C=CC(CCCCCCCCCCCCCCCC)C(=O)OC1CCNC1=O. The van der Waals surface area contributed by atoms with Crippen LogP contribution in [0, 0.1) is 5.92 Å². The average molecular weight is 394 g/mol. The summed E-state index contributed by atoms with van der Waals surface area (Å²) in [6.07, 6.45) is 21.0. The minimum Gasteiger partial charge on any atom is -0.452 e. The van der Waals surface area contributed by atoms with Crippen LogP contribution in [-0.2, 0) is 14.3 Å². The van der Waals surface area contributed by atoms with Crippen molar-refractivity contribution >= 4 is 11.9 Å². The van der Waals surface area contributed by atoms with Gasteiger partial charge in [-0.2, -0.15) is 0 Å². The molecule has 4 heteroatoms. The zero-order valence-electron chi connectivity index (χ0n) is 18.2. The minimum atomic E-state index is -0.605. The summed E-state index contributed by atoms with van der Waals surface area (Å²) >= 11 is 0. The Kier molecular flexibility index (Phi) is 14.7. The molecule has 162 valence electrons. The number of nitrogens with one attached hydrogen (secondary N) is 1. The molecule has 1 aliphatic rings. The van der Waals surface area contributed by atoms with E-state index in [1.807, 2.05) is 0 Å². The molecule has 0 aromatic heterocycles. The summed E-state index contributed by atoms with van der Waals surface area (Å²) in [6, 6.07) is 0. The Labute approximate surface area is 172 Å². The van der Waals surface area contributed by atoms with E-state index in [0.29, 0.717) is 13.0 Å². The fourth-order valence-corrected chi connectivity index (χ4v) is 3.80. The number of amides is 1. The Morgan fingerprint density at radius 2 is 1.50 bits per heavy atom. The van der Waals surface area contributed by atoms with Gasteiger partial charge in [0.2, 0.25) is 0 Å². The van der Waals surface area contributed by atoms with Gasteiger partial charge in [0.15, 0.2) is 6.10 Å². The highest BCUT2D eigenvalue weighted by Gasteiger charge is 2.29. The van der Waals surface area contributed by atoms with Crippen LogP contribution in [0.3, 0.4) is 0 Å². The number of unbranched alkanes of at least 4 members (excludes halogenated alkanes) is 13. The Bertz CT molecular complexity index is 436. The molecule has 1 heterocycles. The van der Waals surface area contributed by atoms with Crippen LogP contribution in [0.2, 0.25) is 0 Å². The van der Waals surface area contributed by atoms with Gasteiger partial charge in [0.1, 0.15) is 0 Å². The molecule has 0 aliphatic carbocycles. The van der Waals surface area contributed by atoms with Crippen molar-refractivity contribution in [3.05, 3.63) is 12.7 Å². The highest BCUT2D eigenvalue weighted by molar-refractivity contribution is 5.86. The van der Waals surface area contributed by atoms with Crippen molar-refractivity contribution in [2.75, 3.05) is 6.54 Å². The van der Waals surface area contributed by atoms with Gasteiger partial charge < -0.3 is 10.1 Å². The number of hydrogen-bond donors (Lipinski definition) is 1. The van der Waals surface area contributed by atoms with E-state index in [-0.39, 0.29) is 17.8 Å². The third kappa shape index (κ3) is 11.5. The summed E-state index contributed by atoms with van der Waals surface area (Å²) in [6.45, 7) is 6.62. The second-order valence-corrected chi connectivity index (χ2v) is 8.23. The summed E-state index contributed by atoms with van der Waals surface area (Å²) < 4.78 is 5.32. The predicted octanol–water partition coefficient (Wildman–Crippen LogP) is 6.09. The van der Waals surface area contributed by atoms with E-state index in [4.69, 9.17) is 4.74 Å². The highest BCUT2D eigenvalue weighted by atomic mass is 16.5. The maximum atomic E-state index is 12.2. The summed E-state index contributed by atoms with van der Waals surface area (Å²) in [4.78, 5) is 23.7. The molecule has 0 saturated carbocycles. The van der Waals surface area contributed by atoms with Gasteiger partial charge in [-0.15, -0.1) is 6.58 Å². The van der Waals surface area contributed by atoms with E-state index in [1.54, 1.807) is 6.08 Å². The number of esters is 1. The number of carbonyl (C=O) groups excluding carboxylic acids is 2. The number of rotatable bonds is 18. The largest absolute Gasteiger partial charge is 0.452 e. The maximum Gasteiger partial charge on any atom is 0.313 e. The molecule has 0 radical (unpaired) electrons. The first-order valence-electron chi connectivity index (χ1n) is 11.8. The molecule has 0 spiro atoms. The Morgan fingerprint density at radius 3 is 1.93 bits per heavy atom. The summed E-state index contributed by atoms with van der Waals surface area (Å²) in [5.74, 6) is -0.759. The Morgan fingerprint density at radius 1 is 1.00 bits per heavy atom. The van der Waals surface area contributed by atoms with Crippen molar-refractivity contribution in [2.45, 2.75) is 116 Å². The van der Waals surface area contributed by atoms with Crippen LogP contribution in [-0.4, -0.2) is 24.5 Å². The fraction of sp³-hybridized carbons (Fsp3) is 0.833. The zero-order valence-corrected chi connectivity index (χ0v) is 18.2. The molecular formula is C24H43NO3. The maximum absolute atomic E-state index is 12.2. The second kappa shape index (κ2) is 16.6. The molecule has 1 N–H and O–H groups in total. The molecule has 28 heavy (non-hydrogen) atoms. The molecule has 0 bridgehead atoms. The van der Waals surface area contributed by atoms with Gasteiger partial charge >= 0.3 is 5.97 Å². The molecule has 1 rings (SSSR count). The Balaban J connectivity index is 1.92. The van der Waals surface area contributed by atoms with Crippen LogP contribution in [0.5, 0.6) is 0 Å². The van der Waals surface area contributed by atoms with Gasteiger partial charge in [0.25, 0.3) is 5.91 Å². The molecule has 2 unspecified atom stereocenters. The molecule has 0 aromatic rings. The lowest BCUT2D eigenvalue weighted by atomic mass is 9.99. The van der Waals surface area contributed by atoms with Crippen molar-refractivity contribution in [1.82, 2.24) is 5.32 Å². The normalized spacial score (nSPS) is 17.3. The number of carbonyl (C=O) groups is 2. The van der Waals surface area contributed by atoms with Crippen molar-refractivity contribution < 1.29 is 14.3 Å². The standard InChI is InChI=1S/C24H43NO3/c1-3-5-6-7-8-9-10-11-12-13-14-15-16-17-18-21(4-2)24(27)28-22-19-20-25-23(22)26/h4,21-22H,2-3,5-20H2,1H3,(H,25,26). The van der Waals surface area contributed by atoms with E-state index in [0.717, 1.165) is 19.3 Å². The average Bonchev–Trinajstić information content (AvgIpc) is 3.09. The molecule has 1 saturated heterocycles. The smallest absolute Gasteiger partial charge is 0.313 e. The molecule has 2 atom stereocenters. The quantitative estimate of drug-likeness (QED) is 0.174. The topological polar surface area (TPSA) is 55.4 Å². The van der Waals surface area contributed by atoms with E-state index < -0.39 is 6.10 Å². The number of hydrogen-bond acceptors (Lipinski definition) is 3. The van der Waals surface area contributed by atoms with E-state index >= 15 is 0 Å². The lowest BCUT2D eigenvalue weighted by molar-refractivity contribution is -0.156. The van der Waals surface area contributed by atoms with Crippen LogP contribution in [0.25, 0.3) is 0 Å². The number of ether oxygens (including phenoxy) is 1. The molecule has 1 amide bonds. The van der Waals surface area contributed by atoms with Gasteiger partial charge in [-0.25, -0.2) is 0 Å².